The van der Waals surface area contributed by atoms with Crippen LogP contribution in [-0.4, -0.2) is 54.2 Å². The Bertz CT molecular complexity index is 619. The van der Waals surface area contributed by atoms with Gasteiger partial charge in [0.1, 0.15) is 6.04 Å². The molecule has 1 aromatic rings. The van der Waals surface area contributed by atoms with E-state index in [4.69, 9.17) is 4.74 Å². The number of hydrogen-bond acceptors (Lipinski definition) is 4. The van der Waals surface area contributed by atoms with Crippen molar-refractivity contribution in [3.8, 4) is 0 Å². The molecule has 6 nitrogen and oxygen atoms in total. The summed E-state index contributed by atoms with van der Waals surface area (Å²) < 4.78 is 44.3. The van der Waals surface area contributed by atoms with Gasteiger partial charge < -0.3 is 15.0 Å². The Morgan fingerprint density at radius 3 is 2.44 bits per heavy atom. The van der Waals surface area contributed by atoms with E-state index in [1.807, 2.05) is 0 Å². The highest BCUT2D eigenvalue weighted by Crippen LogP contribution is 2.28. The van der Waals surface area contributed by atoms with Crippen LogP contribution in [0.15, 0.2) is 24.5 Å². The molecule has 0 aliphatic heterocycles. The molecule has 0 aromatic carbocycles. The zero-order chi connectivity index (χ0) is 19.9. The van der Waals surface area contributed by atoms with Gasteiger partial charge in [0.15, 0.2) is 0 Å². The molecular formula is C18H24F3N3O3. The quantitative estimate of drug-likeness (QED) is 0.781. The average molecular weight is 387 g/mol. The summed E-state index contributed by atoms with van der Waals surface area (Å²) in [6.07, 6.45) is 2.21. The lowest BCUT2D eigenvalue weighted by atomic mass is 9.94. The van der Waals surface area contributed by atoms with E-state index in [0.717, 1.165) is 32.1 Å². The van der Waals surface area contributed by atoms with E-state index >= 15 is 0 Å². The summed E-state index contributed by atoms with van der Waals surface area (Å²) in [5, 5.41) is 2.82. The normalized spacial score (nSPS) is 16.6. The number of pyridine rings is 1. The molecule has 2 rings (SSSR count). The minimum Gasteiger partial charge on any atom is -0.383 e. The van der Waals surface area contributed by atoms with E-state index in [-0.39, 0.29) is 24.8 Å². The Morgan fingerprint density at radius 2 is 1.89 bits per heavy atom. The fraction of sp³-hybridized carbons (Fsp3) is 0.611. The molecule has 1 fully saturated rings. The van der Waals surface area contributed by atoms with Crippen molar-refractivity contribution in [2.45, 2.75) is 50.4 Å². The second kappa shape index (κ2) is 9.68. The summed E-state index contributed by atoms with van der Waals surface area (Å²) in [5.41, 5.74) is 0.270. The maximum absolute atomic E-state index is 13.1. The van der Waals surface area contributed by atoms with Crippen LogP contribution in [-0.2, 0) is 14.3 Å². The molecule has 0 bridgehead atoms. The van der Waals surface area contributed by atoms with Gasteiger partial charge >= 0.3 is 12.1 Å². The Labute approximate surface area is 156 Å². The predicted octanol–water partition coefficient (Wildman–Crippen LogP) is 2.61. The molecule has 1 aliphatic carbocycles. The lowest BCUT2D eigenvalue weighted by Gasteiger charge is -2.33. The van der Waals surface area contributed by atoms with Gasteiger partial charge in [-0.1, -0.05) is 19.3 Å². The highest BCUT2D eigenvalue weighted by Gasteiger charge is 2.46. The monoisotopic (exact) mass is 387 g/mol. The van der Waals surface area contributed by atoms with Crippen molar-refractivity contribution in [3.63, 3.8) is 0 Å². The van der Waals surface area contributed by atoms with Gasteiger partial charge in [-0.25, -0.2) is 0 Å². The number of rotatable bonds is 7. The van der Waals surface area contributed by atoms with Gasteiger partial charge in [0.25, 0.3) is 0 Å². The molecule has 1 atom stereocenters. The molecule has 1 aliphatic rings. The molecule has 0 unspecified atom stereocenters. The predicted molar refractivity (Wildman–Crippen MR) is 91.6 cm³/mol. The van der Waals surface area contributed by atoms with E-state index in [1.165, 1.54) is 31.6 Å². The largest absolute Gasteiger partial charge is 0.471 e. The van der Waals surface area contributed by atoms with Gasteiger partial charge in [0, 0.05) is 32.1 Å². The van der Waals surface area contributed by atoms with E-state index in [0.29, 0.717) is 4.90 Å². The Hall–Kier alpha value is -2.16. The summed E-state index contributed by atoms with van der Waals surface area (Å²) in [5.74, 6) is -2.69. The van der Waals surface area contributed by atoms with Crippen LogP contribution in [0.4, 0.5) is 13.2 Å². The number of hydrogen-bond donors (Lipinski definition) is 1. The van der Waals surface area contributed by atoms with E-state index in [9.17, 15) is 22.8 Å². The SMILES string of the molecule is COCCN(C(=O)C(F)(F)F)[C@@H](C(=O)NC1CCCCC1)c1ccncc1. The van der Waals surface area contributed by atoms with Crippen LogP contribution in [0.5, 0.6) is 0 Å². The second-order valence-corrected chi connectivity index (χ2v) is 6.52. The number of aromatic nitrogens is 1. The van der Waals surface area contributed by atoms with Crippen LogP contribution >= 0.6 is 0 Å². The van der Waals surface area contributed by atoms with Gasteiger partial charge in [-0.3, -0.25) is 14.6 Å². The van der Waals surface area contributed by atoms with Crippen LogP contribution in [0.3, 0.4) is 0 Å². The summed E-state index contributed by atoms with van der Waals surface area (Å²) >= 11 is 0. The van der Waals surface area contributed by atoms with Gasteiger partial charge in [-0.05, 0) is 30.5 Å². The zero-order valence-electron chi connectivity index (χ0n) is 15.2. The summed E-state index contributed by atoms with van der Waals surface area (Å²) in [6.45, 7) is -0.486. The smallest absolute Gasteiger partial charge is 0.383 e. The van der Waals surface area contributed by atoms with Crippen LogP contribution in [0, 0.1) is 0 Å². The first-order valence-corrected chi connectivity index (χ1v) is 8.91. The minimum atomic E-state index is -5.09. The maximum Gasteiger partial charge on any atom is 0.471 e. The van der Waals surface area contributed by atoms with Crippen LogP contribution in [0.25, 0.3) is 0 Å². The molecule has 9 heteroatoms. The third kappa shape index (κ3) is 5.92. The average Bonchev–Trinajstić information content (AvgIpc) is 2.65. The van der Waals surface area contributed by atoms with Crippen molar-refractivity contribution < 1.29 is 27.5 Å². The van der Waals surface area contributed by atoms with Crippen molar-refractivity contribution in [1.82, 2.24) is 15.2 Å². The molecule has 2 amide bonds. The number of carbonyl (C=O) groups is 2. The molecule has 150 valence electrons. The molecule has 1 saturated carbocycles. The maximum atomic E-state index is 13.1. The number of alkyl halides is 3. The number of nitrogens with zero attached hydrogens (tertiary/aromatic N) is 2. The Kier molecular flexibility index (Phi) is 7.58. The lowest BCUT2D eigenvalue weighted by Crippen LogP contribution is -2.51. The number of methoxy groups -OCH3 is 1. The first kappa shape index (κ1) is 21.1. The fourth-order valence-electron chi connectivity index (χ4n) is 3.25. The summed E-state index contributed by atoms with van der Waals surface area (Å²) in [6, 6.07) is 1.38. The van der Waals surface area contributed by atoms with Gasteiger partial charge in [0.05, 0.1) is 6.61 Å². The highest BCUT2D eigenvalue weighted by molar-refractivity contribution is 5.90. The molecule has 0 saturated heterocycles. The van der Waals surface area contributed by atoms with Crippen molar-refractivity contribution in [2.24, 2.45) is 0 Å². The third-order valence-corrected chi connectivity index (χ3v) is 4.57. The third-order valence-electron chi connectivity index (χ3n) is 4.57. The van der Waals surface area contributed by atoms with E-state index in [2.05, 4.69) is 10.3 Å². The number of ether oxygens (including phenoxy) is 1. The molecule has 0 spiro atoms. The lowest BCUT2D eigenvalue weighted by molar-refractivity contribution is -0.189. The number of halogens is 3. The van der Waals surface area contributed by atoms with Gasteiger partial charge in [0.2, 0.25) is 5.91 Å². The number of nitrogens with one attached hydrogen (secondary N) is 1. The summed E-state index contributed by atoms with van der Waals surface area (Å²) in [4.78, 5) is 29.3. The van der Waals surface area contributed by atoms with Crippen LogP contribution in [0.2, 0.25) is 0 Å². The molecule has 1 aromatic heterocycles. The van der Waals surface area contributed by atoms with E-state index in [1.54, 1.807) is 0 Å². The van der Waals surface area contributed by atoms with Gasteiger partial charge in [-0.2, -0.15) is 13.2 Å². The molecule has 1 N–H and O–H groups in total. The molecule has 27 heavy (non-hydrogen) atoms. The molecule has 0 radical (unpaired) electrons. The number of amides is 2. The Balaban J connectivity index is 2.32. The topological polar surface area (TPSA) is 71.5 Å². The van der Waals surface area contributed by atoms with Crippen LogP contribution in [0.1, 0.15) is 43.7 Å². The van der Waals surface area contributed by atoms with Crippen molar-refractivity contribution >= 4 is 11.8 Å². The second-order valence-electron chi connectivity index (χ2n) is 6.52. The van der Waals surface area contributed by atoms with Crippen molar-refractivity contribution in [1.29, 1.82) is 0 Å². The minimum absolute atomic E-state index is 0.0964. The molecular weight excluding hydrogens is 363 g/mol. The van der Waals surface area contributed by atoms with Crippen molar-refractivity contribution in [2.75, 3.05) is 20.3 Å². The standard InChI is InChI=1S/C18H24F3N3O3/c1-27-12-11-24(17(26)18(19,20)21)15(13-7-9-22-10-8-13)16(25)23-14-5-3-2-4-6-14/h7-10,14-15H,2-6,11-12H2,1H3,(H,23,25)/t15-/m1/s1. The van der Waals surface area contributed by atoms with E-state index < -0.39 is 24.0 Å². The zero-order valence-corrected chi connectivity index (χ0v) is 15.2. The fourth-order valence-corrected chi connectivity index (χ4v) is 3.25. The highest BCUT2D eigenvalue weighted by atomic mass is 19.4. The molecule has 1 heterocycles. The Morgan fingerprint density at radius 1 is 1.26 bits per heavy atom. The van der Waals surface area contributed by atoms with Crippen LogP contribution < -0.4 is 5.32 Å². The van der Waals surface area contributed by atoms with Crippen molar-refractivity contribution in [3.05, 3.63) is 30.1 Å². The first-order chi connectivity index (χ1) is 12.8. The first-order valence-electron chi connectivity index (χ1n) is 8.91. The van der Waals surface area contributed by atoms with Gasteiger partial charge in [-0.15, -0.1) is 0 Å². The summed E-state index contributed by atoms with van der Waals surface area (Å²) in [7, 11) is 1.32. The number of carbonyl (C=O) groups excluding carboxylic acids is 2.